The molecule has 0 aliphatic heterocycles. The predicted molar refractivity (Wildman–Crippen MR) is 57.1 cm³/mol. The van der Waals surface area contributed by atoms with Gasteiger partial charge >= 0.3 is 0 Å². The molecule has 1 atom stereocenters. The lowest BCUT2D eigenvalue weighted by Crippen LogP contribution is -2.30. The molecule has 4 nitrogen and oxygen atoms in total. The van der Waals surface area contributed by atoms with Crippen LogP contribution in [-0.4, -0.2) is 27.9 Å². The van der Waals surface area contributed by atoms with E-state index in [1.54, 1.807) is 12.4 Å². The molecule has 0 saturated heterocycles. The Morgan fingerprint density at radius 1 is 1.93 bits per heavy atom. The molecular weight excluding hydrogens is 218 g/mol. The zero-order valence-corrected chi connectivity index (χ0v) is 9.19. The van der Waals surface area contributed by atoms with Crippen LogP contribution >= 0.6 is 23.1 Å². The first-order valence-electron chi connectivity index (χ1n) is 3.88. The first-order valence-corrected chi connectivity index (χ1v) is 5.64. The predicted octanol–water partition coefficient (Wildman–Crippen LogP) is 0.768. The van der Waals surface area contributed by atoms with E-state index >= 15 is 0 Å². The van der Waals surface area contributed by atoms with E-state index in [0.29, 0.717) is 0 Å². The summed E-state index contributed by atoms with van der Waals surface area (Å²) in [6, 6.07) is 0. The molecule has 0 aliphatic rings. The van der Waals surface area contributed by atoms with Gasteiger partial charge in [-0.3, -0.25) is 4.79 Å². The van der Waals surface area contributed by atoms with Gasteiger partial charge in [0.15, 0.2) is 4.34 Å². The zero-order chi connectivity index (χ0) is 10.4. The Kier molecular flexibility index (Phi) is 4.43. The molecule has 0 aromatic carbocycles. The van der Waals surface area contributed by atoms with E-state index in [-0.39, 0.29) is 17.7 Å². The fraction of sp³-hybridized carbons (Fsp3) is 0.375. The first-order chi connectivity index (χ1) is 6.74. The van der Waals surface area contributed by atoms with E-state index in [2.05, 4.69) is 21.4 Å². The Morgan fingerprint density at radius 3 is 3.29 bits per heavy atom. The molecule has 1 aromatic heterocycles. The molecule has 74 valence electrons. The van der Waals surface area contributed by atoms with Crippen LogP contribution in [0.5, 0.6) is 0 Å². The third-order valence-corrected chi connectivity index (χ3v) is 3.26. The lowest BCUT2D eigenvalue weighted by Gasteiger charge is -2.07. The average molecular weight is 227 g/mol. The van der Waals surface area contributed by atoms with Crippen molar-refractivity contribution in [2.45, 2.75) is 16.5 Å². The molecule has 0 aliphatic carbocycles. The van der Waals surface area contributed by atoms with Crippen LogP contribution in [-0.2, 0) is 4.79 Å². The quantitative estimate of drug-likeness (QED) is 0.609. The van der Waals surface area contributed by atoms with E-state index in [1.807, 2.05) is 0 Å². The summed E-state index contributed by atoms with van der Waals surface area (Å²) in [5, 5.41) is 9.92. The van der Waals surface area contributed by atoms with Gasteiger partial charge in [-0.25, -0.2) is 0 Å². The van der Waals surface area contributed by atoms with E-state index in [9.17, 15) is 4.79 Å². The lowest BCUT2D eigenvalue weighted by atomic mass is 10.4. The number of carbonyl (C=O) groups excluding carboxylic acids is 1. The molecule has 1 N–H and O–H groups in total. The smallest absolute Gasteiger partial charge is 0.234 e. The minimum absolute atomic E-state index is 0.0804. The van der Waals surface area contributed by atoms with E-state index < -0.39 is 0 Å². The van der Waals surface area contributed by atoms with Crippen LogP contribution in [0.1, 0.15) is 6.92 Å². The second-order valence-corrected chi connectivity index (χ2v) is 4.81. The molecule has 0 spiro atoms. The van der Waals surface area contributed by atoms with Crippen molar-refractivity contribution in [3.05, 3.63) is 5.51 Å². The number of thioether (sulfide) groups is 1. The molecule has 0 radical (unpaired) electrons. The van der Waals surface area contributed by atoms with Crippen LogP contribution in [0.25, 0.3) is 0 Å². The molecule has 0 saturated carbocycles. The molecule has 14 heavy (non-hydrogen) atoms. The molecule has 1 aromatic rings. The minimum atomic E-state index is -0.198. The third kappa shape index (κ3) is 3.36. The van der Waals surface area contributed by atoms with Crippen molar-refractivity contribution in [2.24, 2.45) is 0 Å². The largest absolute Gasteiger partial charge is 0.344 e. The topological polar surface area (TPSA) is 54.9 Å². The highest BCUT2D eigenvalue weighted by molar-refractivity contribution is 8.02. The van der Waals surface area contributed by atoms with Gasteiger partial charge in [0.2, 0.25) is 5.91 Å². The first kappa shape index (κ1) is 11.0. The van der Waals surface area contributed by atoms with Gasteiger partial charge in [0.05, 0.1) is 11.8 Å². The van der Waals surface area contributed by atoms with Gasteiger partial charge in [0.1, 0.15) is 5.51 Å². The van der Waals surface area contributed by atoms with Crippen LogP contribution in [0.15, 0.2) is 9.85 Å². The monoisotopic (exact) mass is 227 g/mol. The molecule has 0 fully saturated rings. The Morgan fingerprint density at radius 2 is 2.71 bits per heavy atom. The van der Waals surface area contributed by atoms with Crippen molar-refractivity contribution < 1.29 is 4.79 Å². The van der Waals surface area contributed by atoms with E-state index in [0.717, 1.165) is 4.34 Å². The third-order valence-electron chi connectivity index (χ3n) is 1.35. The molecule has 1 amide bonds. The van der Waals surface area contributed by atoms with Gasteiger partial charge in [0, 0.05) is 0 Å². The number of hydrogen-bond donors (Lipinski definition) is 1. The standard InChI is InChI=1S/C8H9N3OS2/c1-3-4-9-7(12)6(2)14-8-11-10-5-13-8/h1,5-6H,4H2,2H3,(H,9,12). The Bertz CT molecular complexity index is 331. The van der Waals surface area contributed by atoms with Crippen LogP contribution in [0.3, 0.4) is 0 Å². The summed E-state index contributed by atoms with van der Waals surface area (Å²) in [5.74, 6) is 2.27. The van der Waals surface area contributed by atoms with Crippen molar-refractivity contribution in [1.82, 2.24) is 15.5 Å². The Labute approximate surface area is 90.5 Å². The van der Waals surface area contributed by atoms with Gasteiger partial charge < -0.3 is 5.32 Å². The summed E-state index contributed by atoms with van der Waals surface area (Å²) in [5.41, 5.74) is 1.63. The summed E-state index contributed by atoms with van der Waals surface area (Å²) in [4.78, 5) is 11.4. The summed E-state index contributed by atoms with van der Waals surface area (Å²) in [6.07, 6.45) is 5.02. The normalized spacial score (nSPS) is 11.7. The number of rotatable bonds is 4. The molecule has 6 heteroatoms. The summed E-state index contributed by atoms with van der Waals surface area (Å²) in [6.45, 7) is 2.07. The van der Waals surface area contributed by atoms with Crippen LogP contribution in [0.2, 0.25) is 0 Å². The lowest BCUT2D eigenvalue weighted by molar-refractivity contribution is -0.120. The van der Waals surface area contributed by atoms with Crippen molar-refractivity contribution >= 4 is 29.0 Å². The molecule has 1 heterocycles. The number of hydrogen-bond acceptors (Lipinski definition) is 5. The molecule has 1 unspecified atom stereocenters. The van der Waals surface area contributed by atoms with Crippen LogP contribution < -0.4 is 5.32 Å². The van der Waals surface area contributed by atoms with Gasteiger partial charge in [-0.1, -0.05) is 29.0 Å². The van der Waals surface area contributed by atoms with Crippen molar-refractivity contribution in [1.29, 1.82) is 0 Å². The van der Waals surface area contributed by atoms with Gasteiger partial charge in [-0.05, 0) is 6.92 Å². The van der Waals surface area contributed by atoms with E-state index in [1.165, 1.54) is 23.1 Å². The second kappa shape index (κ2) is 5.62. The Balaban J connectivity index is 2.39. The number of nitrogens with zero attached hydrogens (tertiary/aromatic N) is 2. The fourth-order valence-electron chi connectivity index (χ4n) is 0.701. The van der Waals surface area contributed by atoms with Crippen LogP contribution in [0, 0.1) is 12.3 Å². The molecule has 0 bridgehead atoms. The number of carbonyl (C=O) groups is 1. The van der Waals surface area contributed by atoms with Crippen molar-refractivity contribution in [3.63, 3.8) is 0 Å². The van der Waals surface area contributed by atoms with Crippen LogP contribution in [0.4, 0.5) is 0 Å². The highest BCUT2D eigenvalue weighted by atomic mass is 32.2. The number of aromatic nitrogens is 2. The highest BCUT2D eigenvalue weighted by Crippen LogP contribution is 2.23. The summed E-state index contributed by atoms with van der Waals surface area (Å²) in [7, 11) is 0. The SMILES string of the molecule is C#CCNC(=O)C(C)Sc1nncs1. The average Bonchev–Trinajstić information content (AvgIpc) is 2.66. The number of terminal acetylenes is 1. The van der Waals surface area contributed by atoms with Gasteiger partial charge in [0.25, 0.3) is 0 Å². The summed E-state index contributed by atoms with van der Waals surface area (Å²) < 4.78 is 0.786. The second-order valence-electron chi connectivity index (χ2n) is 2.39. The number of nitrogens with one attached hydrogen (secondary N) is 1. The van der Waals surface area contributed by atoms with Crippen molar-refractivity contribution in [2.75, 3.05) is 6.54 Å². The Hall–Kier alpha value is -1.06. The molecular formula is C8H9N3OS2. The van der Waals surface area contributed by atoms with E-state index in [4.69, 9.17) is 6.42 Å². The number of amides is 1. The summed E-state index contributed by atoms with van der Waals surface area (Å²) >= 11 is 2.79. The van der Waals surface area contributed by atoms with Crippen molar-refractivity contribution in [3.8, 4) is 12.3 Å². The molecule has 1 rings (SSSR count). The van der Waals surface area contributed by atoms with Gasteiger partial charge in [-0.15, -0.1) is 16.6 Å². The minimum Gasteiger partial charge on any atom is -0.344 e. The maximum absolute atomic E-state index is 11.4. The zero-order valence-electron chi connectivity index (χ0n) is 7.56. The highest BCUT2D eigenvalue weighted by Gasteiger charge is 2.14. The maximum atomic E-state index is 11.4. The maximum Gasteiger partial charge on any atom is 0.234 e. The fourth-order valence-corrected chi connectivity index (χ4v) is 2.35. The van der Waals surface area contributed by atoms with Gasteiger partial charge in [-0.2, -0.15) is 0 Å².